The van der Waals surface area contributed by atoms with Crippen molar-refractivity contribution in [1.29, 1.82) is 0 Å². The standard InChI is InChI=1S/C14H16N2O3S.C14H18N2OS/c17-14-15(9-10-4-2-1-3-5-10)12-7-6-11(16(18)19)8-13(12)20-14;15-11-6-7-12-13(8-11)18-14(17)16(12)9-10-4-2-1-3-5-10/h6-8,10H,1-5,9H2;6-8,10H,1-5,9,15H2. The Morgan fingerprint density at radius 3 is 1.74 bits per heavy atom. The zero-order valence-electron chi connectivity index (χ0n) is 21.5. The molecular weight excluding hydrogens is 520 g/mol. The normalized spacial score (nSPS) is 16.9. The van der Waals surface area contributed by atoms with E-state index >= 15 is 0 Å². The fourth-order valence-corrected chi connectivity index (χ4v) is 7.74. The number of nitro benzene ring substituents is 1. The van der Waals surface area contributed by atoms with Crippen molar-refractivity contribution >= 4 is 54.5 Å². The fourth-order valence-electron chi connectivity index (χ4n) is 5.85. The molecule has 38 heavy (non-hydrogen) atoms. The number of benzene rings is 2. The van der Waals surface area contributed by atoms with Crippen molar-refractivity contribution in [2.75, 3.05) is 5.73 Å². The van der Waals surface area contributed by atoms with Gasteiger partial charge >= 0.3 is 9.75 Å². The van der Waals surface area contributed by atoms with Crippen molar-refractivity contribution in [1.82, 2.24) is 9.13 Å². The van der Waals surface area contributed by atoms with Gasteiger partial charge in [-0.15, -0.1) is 0 Å². The van der Waals surface area contributed by atoms with Gasteiger partial charge in [0, 0.05) is 30.9 Å². The molecule has 2 aromatic heterocycles. The third kappa shape index (κ3) is 6.02. The number of nitrogens with two attached hydrogens (primary N) is 1. The van der Waals surface area contributed by atoms with Gasteiger partial charge in [-0.1, -0.05) is 61.2 Å². The number of nitrogens with zero attached hydrogens (tertiary/aromatic N) is 3. The molecule has 8 nitrogen and oxygen atoms in total. The molecule has 4 aromatic rings. The Morgan fingerprint density at radius 1 is 0.763 bits per heavy atom. The molecule has 2 aliphatic rings. The molecule has 10 heteroatoms. The summed E-state index contributed by atoms with van der Waals surface area (Å²) in [6, 6.07) is 10.4. The highest BCUT2D eigenvalue weighted by molar-refractivity contribution is 7.16. The molecule has 2 aromatic carbocycles. The third-order valence-electron chi connectivity index (χ3n) is 7.89. The first-order valence-electron chi connectivity index (χ1n) is 13.6. The second kappa shape index (κ2) is 11.8. The largest absolute Gasteiger partial charge is 0.399 e. The molecule has 202 valence electrons. The monoisotopic (exact) mass is 554 g/mol. The van der Waals surface area contributed by atoms with Crippen molar-refractivity contribution in [3.8, 4) is 0 Å². The lowest BCUT2D eigenvalue weighted by Gasteiger charge is -2.21. The number of nitrogen functional groups attached to an aromatic ring is 1. The highest BCUT2D eigenvalue weighted by Gasteiger charge is 2.19. The molecule has 0 spiro atoms. The van der Waals surface area contributed by atoms with Gasteiger partial charge in [0.25, 0.3) is 5.69 Å². The van der Waals surface area contributed by atoms with E-state index in [0.717, 1.165) is 45.8 Å². The Hall–Kier alpha value is -2.98. The molecule has 2 saturated carbocycles. The molecule has 0 radical (unpaired) electrons. The Bertz CT molecular complexity index is 1540. The van der Waals surface area contributed by atoms with Crippen molar-refractivity contribution in [2.45, 2.75) is 77.3 Å². The van der Waals surface area contributed by atoms with E-state index < -0.39 is 4.92 Å². The van der Waals surface area contributed by atoms with Gasteiger partial charge in [-0.25, -0.2) is 0 Å². The summed E-state index contributed by atoms with van der Waals surface area (Å²) in [6.45, 7) is 1.62. The summed E-state index contributed by atoms with van der Waals surface area (Å²) in [6.07, 6.45) is 12.6. The minimum atomic E-state index is -0.422. The maximum absolute atomic E-state index is 12.1. The van der Waals surface area contributed by atoms with Crippen LogP contribution in [-0.2, 0) is 13.1 Å². The summed E-state index contributed by atoms with van der Waals surface area (Å²) in [5, 5.41) is 10.8. The minimum absolute atomic E-state index is 0.00827. The summed E-state index contributed by atoms with van der Waals surface area (Å²) in [5.74, 6) is 1.24. The number of aromatic nitrogens is 2. The first-order valence-corrected chi connectivity index (χ1v) is 15.2. The first-order chi connectivity index (χ1) is 18.4. The molecule has 0 amide bonds. The van der Waals surface area contributed by atoms with E-state index in [-0.39, 0.29) is 15.4 Å². The molecule has 6 rings (SSSR count). The van der Waals surface area contributed by atoms with Gasteiger partial charge in [0.15, 0.2) is 0 Å². The van der Waals surface area contributed by atoms with E-state index in [1.54, 1.807) is 10.6 Å². The van der Waals surface area contributed by atoms with Gasteiger partial charge < -0.3 is 5.73 Å². The van der Waals surface area contributed by atoms with Crippen LogP contribution in [0, 0.1) is 22.0 Å². The van der Waals surface area contributed by atoms with Crippen molar-refractivity contribution in [2.24, 2.45) is 11.8 Å². The molecule has 0 aliphatic heterocycles. The van der Waals surface area contributed by atoms with Crippen LogP contribution in [0.3, 0.4) is 0 Å². The van der Waals surface area contributed by atoms with Crippen LogP contribution >= 0.6 is 22.7 Å². The van der Waals surface area contributed by atoms with Crippen LogP contribution in [0.25, 0.3) is 20.4 Å². The molecule has 2 N–H and O–H groups in total. The Balaban J connectivity index is 0.000000156. The number of non-ortho nitro benzene ring substituents is 1. The van der Waals surface area contributed by atoms with Crippen LogP contribution in [0.15, 0.2) is 46.0 Å². The lowest BCUT2D eigenvalue weighted by molar-refractivity contribution is -0.384. The van der Waals surface area contributed by atoms with Crippen LogP contribution in [0.5, 0.6) is 0 Å². The van der Waals surface area contributed by atoms with Gasteiger partial charge in [0.05, 0.1) is 25.4 Å². The molecule has 0 atom stereocenters. The number of fused-ring (bicyclic) bond motifs is 2. The number of rotatable bonds is 5. The first kappa shape index (κ1) is 26.6. The van der Waals surface area contributed by atoms with Crippen molar-refractivity contribution in [3.63, 3.8) is 0 Å². The van der Waals surface area contributed by atoms with Crippen molar-refractivity contribution < 1.29 is 4.92 Å². The third-order valence-corrected chi connectivity index (χ3v) is 9.77. The average Bonchev–Trinajstić information content (AvgIpc) is 3.39. The molecule has 2 heterocycles. The molecule has 0 bridgehead atoms. The van der Waals surface area contributed by atoms with E-state index in [0.29, 0.717) is 16.5 Å². The number of hydrogen-bond donors (Lipinski definition) is 1. The van der Waals surface area contributed by atoms with E-state index in [2.05, 4.69) is 0 Å². The minimum Gasteiger partial charge on any atom is -0.399 e. The van der Waals surface area contributed by atoms with E-state index in [4.69, 9.17) is 5.73 Å². The number of thiazole rings is 2. The number of hydrogen-bond acceptors (Lipinski definition) is 7. The highest BCUT2D eigenvalue weighted by atomic mass is 32.1. The Morgan fingerprint density at radius 2 is 1.24 bits per heavy atom. The maximum atomic E-state index is 12.1. The van der Waals surface area contributed by atoms with Gasteiger partial charge in [-0.2, -0.15) is 0 Å². The van der Waals surface area contributed by atoms with E-state index in [1.165, 1.54) is 87.7 Å². The van der Waals surface area contributed by atoms with Gasteiger partial charge in [-0.05, 0) is 61.8 Å². The lowest BCUT2D eigenvalue weighted by Crippen LogP contribution is -2.20. The summed E-state index contributed by atoms with van der Waals surface area (Å²) in [4.78, 5) is 34.7. The lowest BCUT2D eigenvalue weighted by atomic mass is 9.89. The van der Waals surface area contributed by atoms with Gasteiger partial charge in [0.2, 0.25) is 0 Å². The van der Waals surface area contributed by atoms with Crippen LogP contribution in [0.4, 0.5) is 11.4 Å². The highest BCUT2D eigenvalue weighted by Crippen LogP contribution is 2.29. The zero-order chi connectivity index (χ0) is 26.6. The summed E-state index contributed by atoms with van der Waals surface area (Å²) >= 11 is 2.41. The molecule has 2 aliphatic carbocycles. The topological polar surface area (TPSA) is 113 Å². The summed E-state index contributed by atoms with van der Waals surface area (Å²) in [5.41, 5.74) is 8.41. The summed E-state index contributed by atoms with van der Waals surface area (Å²) < 4.78 is 5.45. The maximum Gasteiger partial charge on any atom is 0.308 e. The van der Waals surface area contributed by atoms with Gasteiger partial charge in [0.1, 0.15) is 0 Å². The van der Waals surface area contributed by atoms with E-state index in [1.807, 2.05) is 22.8 Å². The zero-order valence-corrected chi connectivity index (χ0v) is 23.1. The second-order valence-corrected chi connectivity index (χ2v) is 12.6. The second-order valence-electron chi connectivity index (χ2n) is 10.6. The molecule has 0 saturated heterocycles. The molecular formula is C28H34N4O4S2. The molecule has 2 fully saturated rings. The van der Waals surface area contributed by atoms with Crippen LogP contribution in [0.1, 0.15) is 64.2 Å². The van der Waals surface area contributed by atoms with Crippen LogP contribution < -0.4 is 15.5 Å². The Kier molecular flexibility index (Phi) is 8.28. The summed E-state index contributed by atoms with van der Waals surface area (Å²) in [7, 11) is 0. The van der Waals surface area contributed by atoms with Crippen LogP contribution in [0.2, 0.25) is 0 Å². The number of nitro groups is 1. The number of anilines is 1. The quantitative estimate of drug-likeness (QED) is 0.166. The predicted molar refractivity (Wildman–Crippen MR) is 156 cm³/mol. The SMILES string of the molecule is Nc1ccc2c(c1)sc(=O)n2CC1CCCCC1.O=c1sc2cc([N+](=O)[O-])ccc2n1CC1CCCCC1. The predicted octanol–water partition coefficient (Wildman–Crippen LogP) is 6.78. The van der Waals surface area contributed by atoms with Crippen molar-refractivity contribution in [3.05, 3.63) is 65.8 Å². The Labute approximate surface area is 228 Å². The smallest absolute Gasteiger partial charge is 0.308 e. The average molecular weight is 555 g/mol. The van der Waals surface area contributed by atoms with Gasteiger partial charge in [-0.3, -0.25) is 28.8 Å². The molecule has 0 unspecified atom stereocenters. The van der Waals surface area contributed by atoms with Crippen LogP contribution in [-0.4, -0.2) is 14.1 Å². The fraction of sp³-hybridized carbons (Fsp3) is 0.500. The van der Waals surface area contributed by atoms with E-state index in [9.17, 15) is 19.7 Å².